The van der Waals surface area contributed by atoms with E-state index in [1.165, 1.54) is 7.11 Å². The first-order valence-electron chi connectivity index (χ1n) is 4.07. The van der Waals surface area contributed by atoms with Gasteiger partial charge < -0.3 is 10.5 Å². The number of rotatable bonds is 1. The Labute approximate surface area is 96.0 Å². The van der Waals surface area contributed by atoms with Crippen LogP contribution in [0.2, 0.25) is 0 Å². The van der Waals surface area contributed by atoms with Crippen LogP contribution >= 0.6 is 15.9 Å². The molecule has 1 aromatic heterocycles. The maximum atomic E-state index is 11.2. The molecule has 0 atom stereocenters. The number of nitrogen functional groups attached to an aromatic ring is 1. The highest BCUT2D eigenvalue weighted by Gasteiger charge is 2.14. The third-order valence-corrected chi connectivity index (χ3v) is 2.25. The maximum Gasteiger partial charge on any atom is 0.357 e. The fraction of sp³-hybridized carbons (Fsp3) is 0.200. The molecular weight excluding hydrogens is 260 g/mol. The highest BCUT2D eigenvalue weighted by molar-refractivity contribution is 9.10. The highest BCUT2D eigenvalue weighted by Crippen LogP contribution is 2.20. The summed E-state index contributed by atoms with van der Waals surface area (Å²) >= 11 is 3.21. The van der Waals surface area contributed by atoms with Gasteiger partial charge in [0.25, 0.3) is 0 Å². The molecule has 0 aliphatic heterocycles. The monoisotopic (exact) mass is 268 g/mol. The number of nitrogens with zero attached hydrogens (tertiary/aromatic N) is 1. The van der Waals surface area contributed by atoms with E-state index in [4.69, 9.17) is 5.73 Å². The van der Waals surface area contributed by atoms with Gasteiger partial charge in [0.15, 0.2) is 5.69 Å². The molecule has 1 rings (SSSR count). The summed E-state index contributed by atoms with van der Waals surface area (Å²) in [5.74, 6) is 5.17. The average Bonchev–Trinajstić information content (AvgIpc) is 2.22. The van der Waals surface area contributed by atoms with Gasteiger partial charge in [0.2, 0.25) is 0 Å². The third-order valence-electron chi connectivity index (χ3n) is 1.64. The van der Waals surface area contributed by atoms with Gasteiger partial charge in [-0.15, -0.1) is 5.92 Å². The first-order valence-corrected chi connectivity index (χ1v) is 4.86. The van der Waals surface area contributed by atoms with Crippen LogP contribution in [0.3, 0.4) is 0 Å². The molecule has 0 unspecified atom stereocenters. The van der Waals surface area contributed by atoms with E-state index in [9.17, 15) is 4.79 Å². The summed E-state index contributed by atoms with van der Waals surface area (Å²) in [4.78, 5) is 15.2. The van der Waals surface area contributed by atoms with Gasteiger partial charge in [0.1, 0.15) is 5.82 Å². The second-order valence-electron chi connectivity index (χ2n) is 2.62. The maximum absolute atomic E-state index is 11.2. The van der Waals surface area contributed by atoms with Crippen LogP contribution < -0.4 is 5.73 Å². The quantitative estimate of drug-likeness (QED) is 0.621. The Hall–Kier alpha value is -1.54. The molecule has 1 heterocycles. The summed E-state index contributed by atoms with van der Waals surface area (Å²) in [5.41, 5.74) is 6.36. The SMILES string of the molecule is CC#Cc1cc(Br)c(C(=O)OC)nc1N. The van der Waals surface area contributed by atoms with Crippen molar-refractivity contribution in [3.63, 3.8) is 0 Å². The summed E-state index contributed by atoms with van der Waals surface area (Å²) in [5, 5.41) is 0. The minimum absolute atomic E-state index is 0.150. The van der Waals surface area contributed by atoms with Crippen LogP contribution in [-0.4, -0.2) is 18.1 Å². The number of hydrogen-bond donors (Lipinski definition) is 1. The topological polar surface area (TPSA) is 65.2 Å². The first kappa shape index (κ1) is 11.5. The molecule has 0 bridgehead atoms. The van der Waals surface area contributed by atoms with E-state index >= 15 is 0 Å². The zero-order valence-corrected chi connectivity index (χ0v) is 9.88. The Morgan fingerprint density at radius 3 is 2.87 bits per heavy atom. The predicted molar refractivity (Wildman–Crippen MR) is 60.2 cm³/mol. The zero-order chi connectivity index (χ0) is 11.4. The van der Waals surface area contributed by atoms with E-state index in [1.54, 1.807) is 13.0 Å². The van der Waals surface area contributed by atoms with Gasteiger partial charge in [-0.1, -0.05) is 5.92 Å². The van der Waals surface area contributed by atoms with Gasteiger partial charge in [-0.3, -0.25) is 0 Å². The van der Waals surface area contributed by atoms with Crippen LogP contribution in [0.15, 0.2) is 10.5 Å². The van der Waals surface area contributed by atoms with Crippen molar-refractivity contribution in [1.29, 1.82) is 0 Å². The number of hydrogen-bond acceptors (Lipinski definition) is 4. The van der Waals surface area contributed by atoms with Crippen molar-refractivity contribution >= 4 is 27.7 Å². The summed E-state index contributed by atoms with van der Waals surface area (Å²) in [6.45, 7) is 1.70. The smallest absolute Gasteiger partial charge is 0.357 e. The number of carbonyl (C=O) groups is 1. The lowest BCUT2D eigenvalue weighted by atomic mass is 10.2. The Bertz CT molecular complexity index is 460. The largest absolute Gasteiger partial charge is 0.464 e. The number of methoxy groups -OCH3 is 1. The Kier molecular flexibility index (Phi) is 3.69. The number of pyridine rings is 1. The summed E-state index contributed by atoms with van der Waals surface area (Å²) in [6.07, 6.45) is 0. The fourth-order valence-electron chi connectivity index (χ4n) is 0.978. The van der Waals surface area contributed by atoms with Crippen LogP contribution in [0.5, 0.6) is 0 Å². The number of halogens is 1. The minimum atomic E-state index is -0.537. The zero-order valence-electron chi connectivity index (χ0n) is 8.30. The molecule has 15 heavy (non-hydrogen) atoms. The van der Waals surface area contributed by atoms with E-state index in [0.29, 0.717) is 10.0 Å². The van der Waals surface area contributed by atoms with Crippen LogP contribution in [0.1, 0.15) is 23.0 Å². The van der Waals surface area contributed by atoms with Crippen LogP contribution in [0.4, 0.5) is 5.82 Å². The van der Waals surface area contributed by atoms with E-state index < -0.39 is 5.97 Å². The van der Waals surface area contributed by atoms with Crippen molar-refractivity contribution in [2.75, 3.05) is 12.8 Å². The molecule has 0 fully saturated rings. The Morgan fingerprint density at radius 2 is 2.33 bits per heavy atom. The summed E-state index contributed by atoms with van der Waals surface area (Å²) in [6, 6.07) is 1.64. The predicted octanol–water partition coefficient (Wildman–Crippen LogP) is 1.58. The van der Waals surface area contributed by atoms with Gasteiger partial charge in [-0.2, -0.15) is 0 Å². The number of anilines is 1. The molecular formula is C10H9BrN2O2. The Morgan fingerprint density at radius 1 is 1.67 bits per heavy atom. The highest BCUT2D eigenvalue weighted by atomic mass is 79.9. The van der Waals surface area contributed by atoms with Crippen molar-refractivity contribution < 1.29 is 9.53 Å². The molecule has 5 heteroatoms. The summed E-state index contributed by atoms with van der Waals surface area (Å²) in [7, 11) is 1.28. The minimum Gasteiger partial charge on any atom is -0.464 e. The van der Waals surface area contributed by atoms with Crippen molar-refractivity contribution in [3.8, 4) is 11.8 Å². The number of ether oxygens (including phenoxy) is 1. The lowest BCUT2D eigenvalue weighted by Crippen LogP contribution is -2.08. The van der Waals surface area contributed by atoms with E-state index in [-0.39, 0.29) is 11.5 Å². The fourth-order valence-corrected chi connectivity index (χ4v) is 1.46. The molecule has 0 aliphatic carbocycles. The second-order valence-corrected chi connectivity index (χ2v) is 3.47. The van der Waals surface area contributed by atoms with Crippen LogP contribution in [0, 0.1) is 11.8 Å². The molecule has 0 aromatic carbocycles. The number of esters is 1. The lowest BCUT2D eigenvalue weighted by molar-refractivity contribution is 0.0593. The van der Waals surface area contributed by atoms with Crippen molar-refractivity contribution in [3.05, 3.63) is 21.8 Å². The number of aromatic nitrogens is 1. The molecule has 0 radical (unpaired) electrons. The van der Waals surface area contributed by atoms with E-state index in [0.717, 1.165) is 0 Å². The van der Waals surface area contributed by atoms with Gasteiger partial charge in [0, 0.05) is 0 Å². The molecule has 0 saturated carbocycles. The van der Waals surface area contributed by atoms with Gasteiger partial charge in [0.05, 0.1) is 17.1 Å². The third kappa shape index (κ3) is 2.48. The van der Waals surface area contributed by atoms with Gasteiger partial charge in [-0.25, -0.2) is 9.78 Å². The molecule has 0 amide bonds. The van der Waals surface area contributed by atoms with Crippen molar-refractivity contribution in [1.82, 2.24) is 4.98 Å². The molecule has 0 saturated heterocycles. The first-order chi connectivity index (χ1) is 7.10. The van der Waals surface area contributed by atoms with E-state index in [2.05, 4.69) is 37.5 Å². The molecule has 0 aliphatic rings. The number of carbonyl (C=O) groups excluding carboxylic acids is 1. The van der Waals surface area contributed by atoms with Gasteiger partial charge in [-0.05, 0) is 28.9 Å². The normalized spacial score (nSPS) is 9.00. The molecule has 0 spiro atoms. The molecule has 1 aromatic rings. The Balaban J connectivity index is 3.29. The van der Waals surface area contributed by atoms with Gasteiger partial charge >= 0.3 is 5.97 Å². The second kappa shape index (κ2) is 4.80. The average molecular weight is 269 g/mol. The van der Waals surface area contributed by atoms with Crippen molar-refractivity contribution in [2.24, 2.45) is 0 Å². The van der Waals surface area contributed by atoms with Crippen LogP contribution in [0.25, 0.3) is 0 Å². The lowest BCUT2D eigenvalue weighted by Gasteiger charge is -2.04. The van der Waals surface area contributed by atoms with Crippen molar-refractivity contribution in [2.45, 2.75) is 6.92 Å². The van der Waals surface area contributed by atoms with Crippen LogP contribution in [-0.2, 0) is 4.74 Å². The molecule has 78 valence electrons. The standard InChI is InChI=1S/C10H9BrN2O2/c1-3-4-6-5-7(11)8(10(14)15-2)13-9(6)12/h5H,1-2H3,(H2,12,13). The molecule has 4 nitrogen and oxygen atoms in total. The number of nitrogens with two attached hydrogens (primary N) is 1. The summed E-state index contributed by atoms with van der Waals surface area (Å²) < 4.78 is 5.06. The molecule has 2 N–H and O–H groups in total. The van der Waals surface area contributed by atoms with E-state index in [1.807, 2.05) is 0 Å².